The number of benzene rings is 1. The predicted molar refractivity (Wildman–Crippen MR) is 92.2 cm³/mol. The minimum atomic E-state index is -0.0702. The van der Waals surface area contributed by atoms with E-state index in [1.165, 1.54) is 17.7 Å². The van der Waals surface area contributed by atoms with Crippen molar-refractivity contribution in [2.75, 3.05) is 24.5 Å². The number of hydrogen-bond donors (Lipinski definition) is 1. The summed E-state index contributed by atoms with van der Waals surface area (Å²) in [7, 11) is 1.86. The van der Waals surface area contributed by atoms with Crippen molar-refractivity contribution in [2.45, 2.75) is 12.8 Å². The van der Waals surface area contributed by atoms with Crippen LogP contribution >= 0.6 is 0 Å². The topological polar surface area (TPSA) is 50.2 Å². The fraction of sp³-hybridized carbons (Fsp3) is 0.333. The van der Waals surface area contributed by atoms with Crippen LogP contribution in [0.25, 0.3) is 6.08 Å². The largest absolute Gasteiger partial charge is 0.370 e. The molecular formula is C18H22N4O. The lowest BCUT2D eigenvalue weighted by molar-refractivity contribution is -0.116. The van der Waals surface area contributed by atoms with Crippen molar-refractivity contribution in [1.29, 1.82) is 0 Å². The van der Waals surface area contributed by atoms with E-state index in [4.69, 9.17) is 0 Å². The quantitative estimate of drug-likeness (QED) is 0.860. The standard InChI is InChI=1S/C18H22N4O/c1-21-14-15(13-20-21)8-9-18(23)19-10-12-22-11-4-6-16-5-2-3-7-17(16)22/h2-3,5,7-9,13-14H,4,6,10-12H2,1H3,(H,19,23)/b9-8+. The summed E-state index contributed by atoms with van der Waals surface area (Å²) < 4.78 is 1.71. The van der Waals surface area contributed by atoms with E-state index in [1.54, 1.807) is 23.0 Å². The Bertz CT molecular complexity index is 705. The van der Waals surface area contributed by atoms with Gasteiger partial charge in [0.05, 0.1) is 6.20 Å². The third kappa shape index (κ3) is 4.00. The van der Waals surface area contributed by atoms with Crippen LogP contribution in [0.2, 0.25) is 0 Å². The number of carbonyl (C=O) groups excluding carboxylic acids is 1. The molecule has 0 fully saturated rings. The molecular weight excluding hydrogens is 288 g/mol. The highest BCUT2D eigenvalue weighted by Crippen LogP contribution is 2.25. The number of para-hydroxylation sites is 1. The molecule has 1 amide bonds. The monoisotopic (exact) mass is 310 g/mol. The van der Waals surface area contributed by atoms with Crippen LogP contribution in [0.1, 0.15) is 17.5 Å². The smallest absolute Gasteiger partial charge is 0.244 e. The molecule has 23 heavy (non-hydrogen) atoms. The predicted octanol–water partition coefficient (Wildman–Crippen LogP) is 2.00. The number of anilines is 1. The van der Waals surface area contributed by atoms with Crippen molar-refractivity contribution in [2.24, 2.45) is 7.05 Å². The van der Waals surface area contributed by atoms with Gasteiger partial charge in [0, 0.05) is 50.2 Å². The van der Waals surface area contributed by atoms with E-state index < -0.39 is 0 Å². The molecule has 2 heterocycles. The average molecular weight is 310 g/mol. The van der Waals surface area contributed by atoms with E-state index in [0.717, 1.165) is 25.1 Å². The summed E-state index contributed by atoms with van der Waals surface area (Å²) in [6.45, 7) is 2.53. The lowest BCUT2D eigenvalue weighted by atomic mass is 10.0. The van der Waals surface area contributed by atoms with E-state index in [0.29, 0.717) is 6.54 Å². The summed E-state index contributed by atoms with van der Waals surface area (Å²) in [5, 5.41) is 7.01. The Kier molecular flexibility index (Phi) is 4.76. The van der Waals surface area contributed by atoms with Gasteiger partial charge in [-0.3, -0.25) is 9.48 Å². The third-order valence-corrected chi connectivity index (χ3v) is 4.04. The highest BCUT2D eigenvalue weighted by Gasteiger charge is 2.15. The van der Waals surface area contributed by atoms with Crippen LogP contribution in [0.5, 0.6) is 0 Å². The zero-order chi connectivity index (χ0) is 16.1. The van der Waals surface area contributed by atoms with Crippen LogP contribution in [0.15, 0.2) is 42.7 Å². The molecule has 1 aliphatic rings. The van der Waals surface area contributed by atoms with E-state index in [-0.39, 0.29) is 5.91 Å². The van der Waals surface area contributed by atoms with Gasteiger partial charge in [0.15, 0.2) is 0 Å². The summed E-state index contributed by atoms with van der Waals surface area (Å²) in [5.41, 5.74) is 3.63. The Morgan fingerprint density at radius 1 is 1.39 bits per heavy atom. The van der Waals surface area contributed by atoms with Gasteiger partial charge in [0.1, 0.15) is 0 Å². The van der Waals surface area contributed by atoms with E-state index >= 15 is 0 Å². The SMILES string of the molecule is Cn1cc(/C=C/C(=O)NCCN2CCCc3ccccc32)cn1. The number of aromatic nitrogens is 2. The molecule has 0 atom stereocenters. The number of aryl methyl sites for hydroxylation is 2. The van der Waals surface area contributed by atoms with Gasteiger partial charge in [-0.2, -0.15) is 5.10 Å². The molecule has 2 aromatic rings. The van der Waals surface area contributed by atoms with Crippen molar-refractivity contribution in [3.05, 3.63) is 53.9 Å². The van der Waals surface area contributed by atoms with Crippen molar-refractivity contribution in [3.63, 3.8) is 0 Å². The molecule has 0 spiro atoms. The van der Waals surface area contributed by atoms with Crippen molar-refractivity contribution in [3.8, 4) is 0 Å². The van der Waals surface area contributed by atoms with E-state index in [9.17, 15) is 4.79 Å². The van der Waals surface area contributed by atoms with Gasteiger partial charge in [-0.15, -0.1) is 0 Å². The summed E-state index contributed by atoms with van der Waals surface area (Å²) in [4.78, 5) is 14.2. The minimum absolute atomic E-state index is 0.0702. The molecule has 3 rings (SSSR count). The number of fused-ring (bicyclic) bond motifs is 1. The Hall–Kier alpha value is -2.56. The van der Waals surface area contributed by atoms with E-state index in [1.807, 2.05) is 13.2 Å². The second-order valence-electron chi connectivity index (χ2n) is 5.79. The van der Waals surface area contributed by atoms with Gasteiger partial charge in [-0.25, -0.2) is 0 Å². The molecule has 1 N–H and O–H groups in total. The molecule has 0 radical (unpaired) electrons. The summed E-state index contributed by atoms with van der Waals surface area (Å²) in [5.74, 6) is -0.0702. The summed E-state index contributed by atoms with van der Waals surface area (Å²) >= 11 is 0. The van der Waals surface area contributed by atoms with Crippen LogP contribution in [-0.4, -0.2) is 35.3 Å². The molecule has 0 unspecified atom stereocenters. The molecule has 5 nitrogen and oxygen atoms in total. The average Bonchev–Trinajstić information content (AvgIpc) is 2.99. The Balaban J connectivity index is 1.48. The number of amides is 1. The highest BCUT2D eigenvalue weighted by molar-refractivity contribution is 5.91. The van der Waals surface area contributed by atoms with Gasteiger partial charge in [-0.05, 0) is 30.5 Å². The fourth-order valence-electron chi connectivity index (χ4n) is 2.91. The summed E-state index contributed by atoms with van der Waals surface area (Å²) in [6, 6.07) is 8.52. The molecule has 1 aliphatic heterocycles. The molecule has 1 aromatic heterocycles. The maximum Gasteiger partial charge on any atom is 0.244 e. The number of nitrogens with one attached hydrogen (secondary N) is 1. The van der Waals surface area contributed by atoms with Gasteiger partial charge in [0.25, 0.3) is 0 Å². The van der Waals surface area contributed by atoms with Crippen molar-refractivity contribution in [1.82, 2.24) is 15.1 Å². The first-order chi connectivity index (χ1) is 11.2. The van der Waals surface area contributed by atoms with Crippen LogP contribution in [0, 0.1) is 0 Å². The van der Waals surface area contributed by atoms with Crippen LogP contribution < -0.4 is 10.2 Å². The molecule has 5 heteroatoms. The lowest BCUT2D eigenvalue weighted by Gasteiger charge is -2.31. The number of carbonyl (C=O) groups is 1. The van der Waals surface area contributed by atoms with Crippen LogP contribution in [0.3, 0.4) is 0 Å². The molecule has 0 saturated heterocycles. The van der Waals surface area contributed by atoms with Gasteiger partial charge < -0.3 is 10.2 Å². The van der Waals surface area contributed by atoms with Crippen LogP contribution in [-0.2, 0) is 18.3 Å². The molecule has 0 bridgehead atoms. The highest BCUT2D eigenvalue weighted by atomic mass is 16.1. The second-order valence-corrected chi connectivity index (χ2v) is 5.79. The maximum absolute atomic E-state index is 11.9. The lowest BCUT2D eigenvalue weighted by Crippen LogP contribution is -2.37. The summed E-state index contributed by atoms with van der Waals surface area (Å²) in [6.07, 6.45) is 9.25. The maximum atomic E-state index is 11.9. The number of nitrogens with zero attached hydrogens (tertiary/aromatic N) is 3. The van der Waals surface area contributed by atoms with Crippen LogP contribution in [0.4, 0.5) is 5.69 Å². The fourth-order valence-corrected chi connectivity index (χ4v) is 2.91. The normalized spacial score (nSPS) is 14.0. The molecule has 120 valence electrons. The molecule has 0 saturated carbocycles. The van der Waals surface area contributed by atoms with Crippen molar-refractivity contribution < 1.29 is 4.79 Å². The van der Waals surface area contributed by atoms with Gasteiger partial charge in [0.2, 0.25) is 5.91 Å². The Morgan fingerprint density at radius 3 is 3.09 bits per heavy atom. The molecule has 1 aromatic carbocycles. The Morgan fingerprint density at radius 2 is 2.26 bits per heavy atom. The Labute approximate surface area is 136 Å². The van der Waals surface area contributed by atoms with E-state index in [2.05, 4.69) is 39.6 Å². The van der Waals surface area contributed by atoms with Gasteiger partial charge >= 0.3 is 0 Å². The number of rotatable bonds is 5. The first-order valence-electron chi connectivity index (χ1n) is 8.00. The zero-order valence-corrected chi connectivity index (χ0v) is 13.4. The zero-order valence-electron chi connectivity index (χ0n) is 13.4. The second kappa shape index (κ2) is 7.13. The first-order valence-corrected chi connectivity index (χ1v) is 8.00. The first kappa shape index (κ1) is 15.3. The minimum Gasteiger partial charge on any atom is -0.370 e. The number of hydrogen-bond acceptors (Lipinski definition) is 3. The van der Waals surface area contributed by atoms with Gasteiger partial charge in [-0.1, -0.05) is 18.2 Å². The third-order valence-electron chi connectivity index (χ3n) is 4.04. The molecule has 0 aliphatic carbocycles. The van der Waals surface area contributed by atoms with Crippen molar-refractivity contribution >= 4 is 17.7 Å².